The van der Waals surface area contributed by atoms with Crippen LogP contribution in [-0.4, -0.2) is 41.9 Å². The van der Waals surface area contributed by atoms with Crippen molar-refractivity contribution in [2.75, 3.05) is 5.75 Å². The Hall–Kier alpha value is -1.18. The number of amides is 1. The number of carbonyl (C=O) groups excluding carboxylic acids is 1. The largest absolute Gasteiger partial charge is 0.391 e. The minimum Gasteiger partial charge on any atom is -0.391 e. The molecule has 1 amide bonds. The molecule has 0 saturated carbocycles. The van der Waals surface area contributed by atoms with E-state index >= 15 is 0 Å². The number of hydrogen-bond acceptors (Lipinski definition) is 4. The molecule has 2 atom stereocenters. The highest BCUT2D eigenvalue weighted by Gasteiger charge is 2.26. The van der Waals surface area contributed by atoms with Gasteiger partial charge in [-0.25, -0.2) is 0 Å². The van der Waals surface area contributed by atoms with Gasteiger partial charge in [-0.1, -0.05) is 141 Å². The second-order valence-electron chi connectivity index (χ2n) is 11.4. The van der Waals surface area contributed by atoms with Crippen LogP contribution in [0.25, 0.3) is 0 Å². The molecule has 0 aliphatic heterocycles. The van der Waals surface area contributed by atoms with Crippen molar-refractivity contribution in [3.05, 3.63) is 24.3 Å². The fraction of sp³-hybridized carbons (Fsp3) is 0.848. The summed E-state index contributed by atoms with van der Waals surface area (Å²) in [5.74, 6) is -0.915. The van der Waals surface area contributed by atoms with Gasteiger partial charge >= 0.3 is 0 Å². The third-order valence-electron chi connectivity index (χ3n) is 7.41. The predicted octanol–water partition coefficient (Wildman–Crippen LogP) is 8.84. The SMILES string of the molecule is CCCC/C=C\C/C=C\CCCCCCCC(=O)NC(CS(=O)(=O)O)C(O)CCCCCCCCCCCCC. The molecular formula is C33H63NO5S. The van der Waals surface area contributed by atoms with Gasteiger partial charge in [0.15, 0.2) is 0 Å². The zero-order valence-corrected chi connectivity index (χ0v) is 26.8. The van der Waals surface area contributed by atoms with Crippen molar-refractivity contribution in [2.45, 2.75) is 174 Å². The second-order valence-corrected chi connectivity index (χ2v) is 12.9. The monoisotopic (exact) mass is 585 g/mol. The molecule has 2 unspecified atom stereocenters. The minimum absolute atomic E-state index is 0.262. The minimum atomic E-state index is -4.30. The first-order chi connectivity index (χ1) is 19.3. The Bertz CT molecular complexity index is 735. The molecule has 7 heteroatoms. The predicted molar refractivity (Wildman–Crippen MR) is 170 cm³/mol. The van der Waals surface area contributed by atoms with Crippen molar-refractivity contribution >= 4 is 16.0 Å². The first-order valence-corrected chi connectivity index (χ1v) is 18.1. The average molecular weight is 586 g/mol. The van der Waals surface area contributed by atoms with Crippen molar-refractivity contribution in [1.82, 2.24) is 5.32 Å². The topological polar surface area (TPSA) is 104 Å². The first kappa shape index (κ1) is 38.8. The smallest absolute Gasteiger partial charge is 0.266 e. The molecule has 0 fully saturated rings. The molecule has 0 aromatic rings. The zero-order chi connectivity index (χ0) is 29.7. The Balaban J connectivity index is 4.01. The highest BCUT2D eigenvalue weighted by molar-refractivity contribution is 7.85. The Labute approximate surface area is 247 Å². The molecule has 0 spiro atoms. The van der Waals surface area contributed by atoms with Crippen LogP contribution in [0, 0.1) is 0 Å². The van der Waals surface area contributed by atoms with Gasteiger partial charge in [-0.05, 0) is 38.5 Å². The van der Waals surface area contributed by atoms with Crippen molar-refractivity contribution in [1.29, 1.82) is 0 Å². The Kier molecular flexibility index (Phi) is 27.1. The standard InChI is InChI=1S/C33H63NO5S/c1-3-5-7-9-11-13-15-16-17-19-21-23-25-27-29-33(36)34-31(30-40(37,38)39)32(35)28-26-24-22-20-18-14-12-10-8-6-4-2/h9,11,15-16,31-32,35H,3-8,10,12-14,17-30H2,1-2H3,(H,34,36)(H,37,38,39)/b11-9-,16-15-. The van der Waals surface area contributed by atoms with E-state index in [0.29, 0.717) is 12.8 Å². The number of unbranched alkanes of at least 4 members (excludes halogenated alkanes) is 17. The molecule has 0 aromatic heterocycles. The summed E-state index contributed by atoms with van der Waals surface area (Å²) in [6.07, 6.45) is 32.6. The summed E-state index contributed by atoms with van der Waals surface area (Å²) in [6, 6.07) is -0.973. The average Bonchev–Trinajstić information content (AvgIpc) is 2.90. The van der Waals surface area contributed by atoms with E-state index in [1.807, 2.05) is 0 Å². The lowest BCUT2D eigenvalue weighted by Crippen LogP contribution is -2.47. The Morgan fingerprint density at radius 2 is 1.15 bits per heavy atom. The third-order valence-corrected chi connectivity index (χ3v) is 8.19. The highest BCUT2D eigenvalue weighted by Crippen LogP contribution is 2.14. The summed E-state index contributed by atoms with van der Waals surface area (Å²) in [7, 11) is -4.30. The van der Waals surface area contributed by atoms with Crippen molar-refractivity contribution in [2.24, 2.45) is 0 Å². The van der Waals surface area contributed by atoms with Crippen molar-refractivity contribution in [3.8, 4) is 0 Å². The number of allylic oxidation sites excluding steroid dienone is 4. The molecule has 40 heavy (non-hydrogen) atoms. The van der Waals surface area contributed by atoms with Crippen LogP contribution in [0.15, 0.2) is 24.3 Å². The van der Waals surface area contributed by atoms with Crippen molar-refractivity contribution < 1.29 is 22.9 Å². The van der Waals surface area contributed by atoms with Gasteiger partial charge in [0, 0.05) is 6.42 Å². The van der Waals surface area contributed by atoms with Gasteiger partial charge in [0.25, 0.3) is 10.1 Å². The molecule has 0 aromatic carbocycles. The van der Waals surface area contributed by atoms with E-state index in [0.717, 1.165) is 64.2 Å². The van der Waals surface area contributed by atoms with Crippen LogP contribution in [-0.2, 0) is 14.9 Å². The molecule has 0 aliphatic carbocycles. The Morgan fingerprint density at radius 1 is 0.675 bits per heavy atom. The summed E-state index contributed by atoms with van der Waals surface area (Å²) in [6.45, 7) is 4.44. The van der Waals surface area contributed by atoms with Gasteiger partial charge in [0.05, 0.1) is 17.9 Å². The van der Waals surface area contributed by atoms with Crippen molar-refractivity contribution in [3.63, 3.8) is 0 Å². The summed E-state index contributed by atoms with van der Waals surface area (Å²) < 4.78 is 32.3. The molecule has 6 nitrogen and oxygen atoms in total. The van der Waals surface area contributed by atoms with Gasteiger partial charge in [-0.3, -0.25) is 9.35 Å². The molecule has 3 N–H and O–H groups in total. The maximum absolute atomic E-state index is 12.4. The van der Waals surface area contributed by atoms with E-state index in [1.54, 1.807) is 0 Å². The van der Waals surface area contributed by atoms with E-state index in [4.69, 9.17) is 0 Å². The van der Waals surface area contributed by atoms with Crippen LogP contribution in [0.4, 0.5) is 0 Å². The summed E-state index contributed by atoms with van der Waals surface area (Å²) in [5.41, 5.74) is 0. The fourth-order valence-corrected chi connectivity index (χ4v) is 5.64. The van der Waals surface area contributed by atoms with E-state index in [-0.39, 0.29) is 5.91 Å². The van der Waals surface area contributed by atoms with E-state index in [1.165, 1.54) is 70.6 Å². The van der Waals surface area contributed by atoms with E-state index in [2.05, 4.69) is 43.5 Å². The number of carbonyl (C=O) groups is 1. The highest BCUT2D eigenvalue weighted by atomic mass is 32.2. The summed E-state index contributed by atoms with van der Waals surface area (Å²) in [4.78, 5) is 12.4. The lowest BCUT2D eigenvalue weighted by atomic mass is 10.0. The van der Waals surface area contributed by atoms with E-state index in [9.17, 15) is 22.9 Å². The van der Waals surface area contributed by atoms with Gasteiger partial charge < -0.3 is 10.4 Å². The number of hydrogen-bond donors (Lipinski definition) is 3. The van der Waals surface area contributed by atoms with Crippen LogP contribution in [0.2, 0.25) is 0 Å². The van der Waals surface area contributed by atoms with Crippen LogP contribution in [0.5, 0.6) is 0 Å². The quantitative estimate of drug-likeness (QED) is 0.0462. The van der Waals surface area contributed by atoms with E-state index < -0.39 is 28.0 Å². The summed E-state index contributed by atoms with van der Waals surface area (Å²) >= 11 is 0. The molecule has 0 saturated heterocycles. The molecule has 0 bridgehead atoms. The second kappa shape index (κ2) is 28.0. The van der Waals surface area contributed by atoms with Gasteiger partial charge in [0.1, 0.15) is 0 Å². The normalized spacial score (nSPS) is 13.8. The van der Waals surface area contributed by atoms with Crippen LogP contribution in [0.1, 0.15) is 162 Å². The Morgan fingerprint density at radius 3 is 1.70 bits per heavy atom. The fourth-order valence-electron chi connectivity index (χ4n) is 4.88. The third kappa shape index (κ3) is 28.4. The lowest BCUT2D eigenvalue weighted by molar-refractivity contribution is -0.122. The van der Waals surface area contributed by atoms with Crippen LogP contribution < -0.4 is 5.32 Å². The summed E-state index contributed by atoms with van der Waals surface area (Å²) in [5, 5.41) is 13.2. The molecule has 0 heterocycles. The number of nitrogens with one attached hydrogen (secondary N) is 1. The molecule has 236 valence electrons. The van der Waals surface area contributed by atoms with Gasteiger partial charge in [-0.15, -0.1) is 0 Å². The molecule has 0 aliphatic rings. The van der Waals surface area contributed by atoms with Gasteiger partial charge in [0.2, 0.25) is 5.91 Å². The molecule has 0 radical (unpaired) electrons. The number of aliphatic hydroxyl groups excluding tert-OH is 1. The first-order valence-electron chi connectivity index (χ1n) is 16.5. The number of rotatable bonds is 29. The lowest BCUT2D eigenvalue weighted by Gasteiger charge is -2.23. The number of aliphatic hydroxyl groups is 1. The maximum atomic E-state index is 12.4. The molecular weight excluding hydrogens is 522 g/mol. The maximum Gasteiger partial charge on any atom is 0.266 e. The van der Waals surface area contributed by atoms with Crippen LogP contribution in [0.3, 0.4) is 0 Å². The molecule has 0 rings (SSSR count). The van der Waals surface area contributed by atoms with Crippen LogP contribution >= 0.6 is 0 Å². The zero-order valence-electron chi connectivity index (χ0n) is 26.0. The van der Waals surface area contributed by atoms with Gasteiger partial charge in [-0.2, -0.15) is 8.42 Å².